The third kappa shape index (κ3) is 11.6. The highest BCUT2D eigenvalue weighted by atomic mass is 79.9. The van der Waals surface area contributed by atoms with Crippen LogP contribution in [0.2, 0.25) is 51.4 Å². The molecule has 0 radical (unpaired) electrons. The minimum atomic E-state index is -1.11. The molecule has 2 aromatic rings. The summed E-state index contributed by atoms with van der Waals surface area (Å²) in [7, 11) is -0.559. The van der Waals surface area contributed by atoms with E-state index in [9.17, 15) is 0 Å². The second-order valence-electron chi connectivity index (χ2n) is 11.3. The van der Waals surface area contributed by atoms with Crippen molar-refractivity contribution in [3.8, 4) is 17.2 Å². The predicted octanol–water partition coefficient (Wildman–Crippen LogP) is 8.32. The van der Waals surface area contributed by atoms with Gasteiger partial charge in [-0.15, -0.1) is 0 Å². The summed E-state index contributed by atoms with van der Waals surface area (Å²) in [6.07, 6.45) is 4.11. The number of hydrogen-bond acceptors (Lipinski definition) is 5. The molecular formula is C28H43BrO5Si2. The Morgan fingerprint density at radius 2 is 1.39 bits per heavy atom. The van der Waals surface area contributed by atoms with Crippen molar-refractivity contribution in [2.24, 2.45) is 0 Å². The predicted molar refractivity (Wildman–Crippen MR) is 160 cm³/mol. The molecule has 0 atom stereocenters. The molecule has 8 heteroatoms. The lowest BCUT2D eigenvalue weighted by Gasteiger charge is -2.16. The Morgan fingerprint density at radius 1 is 0.778 bits per heavy atom. The van der Waals surface area contributed by atoms with Crippen LogP contribution in [0, 0.1) is 6.92 Å². The van der Waals surface area contributed by atoms with Gasteiger partial charge in [-0.05, 0) is 75.9 Å². The average Bonchev–Trinajstić information content (AvgIpc) is 2.78. The molecule has 0 aromatic heterocycles. The van der Waals surface area contributed by atoms with Crippen molar-refractivity contribution in [2.75, 3.05) is 33.9 Å². The molecule has 200 valence electrons. The molecule has 0 unspecified atom stereocenters. The van der Waals surface area contributed by atoms with E-state index in [1.54, 1.807) is 7.11 Å². The topological polar surface area (TPSA) is 46.2 Å². The number of methoxy groups -OCH3 is 1. The van der Waals surface area contributed by atoms with Crippen molar-refractivity contribution >= 4 is 44.2 Å². The van der Waals surface area contributed by atoms with Crippen molar-refractivity contribution in [2.45, 2.75) is 58.3 Å². The molecule has 0 aliphatic rings. The number of ether oxygens (including phenoxy) is 5. The summed E-state index contributed by atoms with van der Waals surface area (Å²) in [4.78, 5) is 0. The molecule has 0 heterocycles. The molecule has 2 rings (SSSR count). The largest absolute Gasteiger partial charge is 0.493 e. The van der Waals surface area contributed by atoms with Gasteiger partial charge in [-0.25, -0.2) is 0 Å². The fraction of sp³-hybridized carbons (Fsp3) is 0.500. The third-order valence-electron chi connectivity index (χ3n) is 5.50. The molecule has 0 saturated carbocycles. The molecule has 0 aliphatic heterocycles. The highest BCUT2D eigenvalue weighted by Crippen LogP contribution is 2.31. The maximum Gasteiger partial charge on any atom is 0.189 e. The fourth-order valence-electron chi connectivity index (χ4n) is 3.15. The van der Waals surface area contributed by atoms with Crippen LogP contribution in [0.25, 0.3) is 12.2 Å². The van der Waals surface area contributed by atoms with E-state index >= 15 is 0 Å². The van der Waals surface area contributed by atoms with E-state index < -0.39 is 16.1 Å². The molecule has 2 aromatic carbocycles. The van der Waals surface area contributed by atoms with Crippen LogP contribution in [0.4, 0.5) is 0 Å². The second-order valence-corrected chi connectivity index (χ2v) is 23.4. The monoisotopic (exact) mass is 594 g/mol. The number of aryl methyl sites for hydroxylation is 1. The molecule has 0 aliphatic carbocycles. The summed E-state index contributed by atoms with van der Waals surface area (Å²) in [5.41, 5.74) is 3.14. The maximum atomic E-state index is 5.87. The van der Waals surface area contributed by atoms with Crippen LogP contribution >= 0.6 is 15.9 Å². The smallest absolute Gasteiger partial charge is 0.189 e. The Balaban J connectivity index is 1.99. The van der Waals surface area contributed by atoms with Gasteiger partial charge >= 0.3 is 0 Å². The van der Waals surface area contributed by atoms with Crippen molar-refractivity contribution in [1.82, 2.24) is 0 Å². The molecule has 36 heavy (non-hydrogen) atoms. The van der Waals surface area contributed by atoms with Crippen LogP contribution in [0.5, 0.6) is 17.2 Å². The number of hydrogen-bond donors (Lipinski definition) is 0. The third-order valence-corrected chi connectivity index (χ3v) is 9.99. The van der Waals surface area contributed by atoms with Crippen molar-refractivity contribution in [1.29, 1.82) is 0 Å². The first-order valence-corrected chi connectivity index (χ1v) is 20.7. The minimum Gasteiger partial charge on any atom is -0.493 e. The van der Waals surface area contributed by atoms with Gasteiger partial charge in [-0.1, -0.05) is 57.5 Å². The lowest BCUT2D eigenvalue weighted by atomic mass is 10.1. The van der Waals surface area contributed by atoms with Gasteiger partial charge in [-0.3, -0.25) is 0 Å². The van der Waals surface area contributed by atoms with Crippen LogP contribution in [0.15, 0.2) is 34.8 Å². The standard InChI is InChI=1S/C28H43BrO5Si2/c1-22-17-25(33-20-31-13-15-35(3,4)5)19-24(28(22)29)11-9-23-10-12-26(27(18-23)30-2)34-21-32-14-16-36(6,7)8/h9-12,17-19H,13-16,20-21H2,1-8H3/b11-9+. The van der Waals surface area contributed by atoms with E-state index in [0.717, 1.165) is 52.2 Å². The highest BCUT2D eigenvalue weighted by Gasteiger charge is 2.13. The zero-order valence-electron chi connectivity index (χ0n) is 23.2. The highest BCUT2D eigenvalue weighted by molar-refractivity contribution is 9.10. The van der Waals surface area contributed by atoms with Crippen molar-refractivity contribution < 1.29 is 23.7 Å². The van der Waals surface area contributed by atoms with Gasteiger partial charge in [0, 0.05) is 33.8 Å². The summed E-state index contributed by atoms with van der Waals surface area (Å²) in [5, 5.41) is 0. The lowest BCUT2D eigenvalue weighted by molar-refractivity contribution is 0.0205. The van der Waals surface area contributed by atoms with Crippen molar-refractivity contribution in [3.63, 3.8) is 0 Å². The summed E-state index contributed by atoms with van der Waals surface area (Å²) < 4.78 is 29.6. The summed E-state index contributed by atoms with van der Waals surface area (Å²) in [6, 6.07) is 12.2. The van der Waals surface area contributed by atoms with Crippen LogP contribution in [0.1, 0.15) is 16.7 Å². The van der Waals surface area contributed by atoms with Gasteiger partial charge in [0.1, 0.15) is 5.75 Å². The SMILES string of the molecule is COc1cc(/C=C/c2cc(OCOCC[Si](C)(C)C)cc(C)c2Br)ccc1OCOCC[Si](C)(C)C. The Hall–Kier alpha value is -1.59. The van der Waals surface area contributed by atoms with E-state index in [1.165, 1.54) is 0 Å². The number of halogens is 1. The molecule has 0 amide bonds. The molecule has 0 saturated heterocycles. The maximum absolute atomic E-state index is 5.87. The van der Waals surface area contributed by atoms with E-state index in [-0.39, 0.29) is 13.6 Å². The van der Waals surface area contributed by atoms with Gasteiger partial charge in [0.15, 0.2) is 25.1 Å². The van der Waals surface area contributed by atoms with Crippen LogP contribution < -0.4 is 14.2 Å². The first kappa shape index (κ1) is 30.6. The Kier molecular flexibility index (Phi) is 12.2. The zero-order chi connectivity index (χ0) is 26.8. The van der Waals surface area contributed by atoms with Crippen LogP contribution in [-0.2, 0) is 9.47 Å². The normalized spacial score (nSPS) is 12.2. The van der Waals surface area contributed by atoms with Gasteiger partial charge in [0.05, 0.1) is 7.11 Å². The molecule has 0 spiro atoms. The first-order valence-electron chi connectivity index (χ1n) is 12.5. The quantitative estimate of drug-likeness (QED) is 0.0897. The molecule has 5 nitrogen and oxygen atoms in total. The number of benzene rings is 2. The molecular weight excluding hydrogens is 552 g/mol. The minimum absolute atomic E-state index is 0.219. The van der Waals surface area contributed by atoms with Crippen molar-refractivity contribution in [3.05, 3.63) is 51.5 Å². The molecule has 0 N–H and O–H groups in total. The summed E-state index contributed by atoms with van der Waals surface area (Å²) >= 11 is 3.71. The van der Waals surface area contributed by atoms with Crippen LogP contribution in [0.3, 0.4) is 0 Å². The number of rotatable bonds is 15. The molecule has 0 bridgehead atoms. The van der Waals surface area contributed by atoms with E-state index in [0.29, 0.717) is 11.5 Å². The van der Waals surface area contributed by atoms with E-state index in [1.807, 2.05) is 36.4 Å². The fourth-order valence-corrected chi connectivity index (χ4v) is 5.02. The Morgan fingerprint density at radius 3 is 1.97 bits per heavy atom. The van der Waals surface area contributed by atoms with Crippen LogP contribution in [-0.4, -0.2) is 50.1 Å². The lowest BCUT2D eigenvalue weighted by Crippen LogP contribution is -2.22. The van der Waals surface area contributed by atoms with Gasteiger partial charge in [-0.2, -0.15) is 0 Å². The zero-order valence-corrected chi connectivity index (χ0v) is 26.8. The summed E-state index contributed by atoms with van der Waals surface area (Å²) in [5.74, 6) is 2.14. The Labute approximate surface area is 228 Å². The molecule has 0 fully saturated rings. The second kappa shape index (κ2) is 14.4. The average molecular weight is 596 g/mol. The van der Waals surface area contributed by atoms with E-state index in [2.05, 4.69) is 68.2 Å². The van der Waals surface area contributed by atoms with Gasteiger partial charge < -0.3 is 23.7 Å². The van der Waals surface area contributed by atoms with Gasteiger partial charge in [0.25, 0.3) is 0 Å². The summed E-state index contributed by atoms with van der Waals surface area (Å²) in [6.45, 7) is 18.0. The first-order chi connectivity index (χ1) is 16.9. The van der Waals surface area contributed by atoms with Gasteiger partial charge in [0.2, 0.25) is 0 Å². The van der Waals surface area contributed by atoms with E-state index in [4.69, 9.17) is 23.7 Å². The Bertz CT molecular complexity index is 997.